The third-order valence-electron chi connectivity index (χ3n) is 2.25. The van der Waals surface area contributed by atoms with Gasteiger partial charge in [-0.05, 0) is 19.1 Å². The fourth-order valence-electron chi connectivity index (χ4n) is 1.37. The Morgan fingerprint density at radius 2 is 2.00 bits per heavy atom. The molecule has 0 fully saturated rings. The molecule has 0 saturated carbocycles. The van der Waals surface area contributed by atoms with E-state index < -0.39 is 0 Å². The van der Waals surface area contributed by atoms with E-state index in [0.29, 0.717) is 5.56 Å². The van der Waals surface area contributed by atoms with E-state index in [-0.39, 0.29) is 30.8 Å². The van der Waals surface area contributed by atoms with E-state index in [2.05, 4.69) is 10.6 Å². The van der Waals surface area contributed by atoms with Gasteiger partial charge < -0.3 is 10.6 Å². The number of amides is 2. The molecule has 0 aliphatic carbocycles. The first kappa shape index (κ1) is 13.7. The molecule has 5 heteroatoms. The molecule has 1 unspecified atom stereocenters. The van der Waals surface area contributed by atoms with Crippen LogP contribution in [0.2, 0.25) is 0 Å². The highest BCUT2D eigenvalue weighted by atomic mass is 16.2. The van der Waals surface area contributed by atoms with E-state index in [1.54, 1.807) is 31.2 Å². The fraction of sp³-hybridized carbons (Fsp3) is 0.308. The van der Waals surface area contributed by atoms with Gasteiger partial charge in [0.2, 0.25) is 5.91 Å². The molecule has 5 nitrogen and oxygen atoms in total. The van der Waals surface area contributed by atoms with Gasteiger partial charge >= 0.3 is 0 Å². The molecule has 1 aromatic rings. The van der Waals surface area contributed by atoms with Gasteiger partial charge in [-0.1, -0.05) is 18.2 Å². The number of nitriles is 1. The third-order valence-corrected chi connectivity index (χ3v) is 2.25. The summed E-state index contributed by atoms with van der Waals surface area (Å²) in [5.74, 6) is -0.597. The summed E-state index contributed by atoms with van der Waals surface area (Å²) in [7, 11) is 0. The van der Waals surface area contributed by atoms with Crippen molar-refractivity contribution in [2.24, 2.45) is 0 Å². The van der Waals surface area contributed by atoms with Crippen molar-refractivity contribution in [2.75, 3.05) is 6.54 Å². The van der Waals surface area contributed by atoms with E-state index in [0.717, 1.165) is 0 Å². The zero-order valence-electron chi connectivity index (χ0n) is 10.1. The number of hydrogen-bond acceptors (Lipinski definition) is 3. The van der Waals surface area contributed by atoms with Gasteiger partial charge in [-0.3, -0.25) is 9.59 Å². The van der Waals surface area contributed by atoms with Crippen molar-refractivity contribution in [1.29, 1.82) is 5.26 Å². The third kappa shape index (κ3) is 4.66. The molecule has 0 radical (unpaired) electrons. The molecule has 0 aromatic heterocycles. The Hall–Kier alpha value is -2.35. The highest BCUT2D eigenvalue weighted by molar-refractivity contribution is 5.96. The molecule has 0 saturated heterocycles. The molecule has 0 spiro atoms. The van der Waals surface area contributed by atoms with E-state index in [1.807, 2.05) is 12.1 Å². The number of carbonyl (C=O) groups excluding carboxylic acids is 2. The number of benzene rings is 1. The lowest BCUT2D eigenvalue weighted by molar-refractivity contribution is -0.120. The Bertz CT molecular complexity index is 451. The highest BCUT2D eigenvalue weighted by Crippen LogP contribution is 1.97. The molecule has 0 aliphatic rings. The van der Waals surface area contributed by atoms with E-state index in [1.165, 1.54) is 0 Å². The van der Waals surface area contributed by atoms with Crippen molar-refractivity contribution >= 4 is 11.8 Å². The Kier molecular flexibility index (Phi) is 5.39. The van der Waals surface area contributed by atoms with Crippen LogP contribution in [0, 0.1) is 11.3 Å². The minimum atomic E-state index is -0.304. The Balaban J connectivity index is 2.35. The topological polar surface area (TPSA) is 82.0 Å². The Morgan fingerprint density at radius 1 is 1.33 bits per heavy atom. The second kappa shape index (κ2) is 7.07. The van der Waals surface area contributed by atoms with Crippen molar-refractivity contribution in [1.82, 2.24) is 10.6 Å². The summed E-state index contributed by atoms with van der Waals surface area (Å²) >= 11 is 0. The quantitative estimate of drug-likeness (QED) is 0.806. The van der Waals surface area contributed by atoms with Crippen molar-refractivity contribution in [2.45, 2.75) is 19.4 Å². The molecule has 2 N–H and O–H groups in total. The summed E-state index contributed by atoms with van der Waals surface area (Å²) < 4.78 is 0. The monoisotopic (exact) mass is 245 g/mol. The summed E-state index contributed by atoms with van der Waals surface area (Å²) in [6.45, 7) is 1.64. The lowest BCUT2D eigenvalue weighted by atomic mass is 10.2. The SMILES string of the molecule is CC(CC#N)NC(=O)CNC(=O)c1ccccc1. The van der Waals surface area contributed by atoms with E-state index >= 15 is 0 Å². The summed E-state index contributed by atoms with van der Waals surface area (Å²) in [4.78, 5) is 23.0. The smallest absolute Gasteiger partial charge is 0.251 e. The van der Waals surface area contributed by atoms with Crippen LogP contribution in [0.15, 0.2) is 30.3 Å². The fourth-order valence-corrected chi connectivity index (χ4v) is 1.37. The van der Waals surface area contributed by atoms with Crippen LogP contribution in [0.1, 0.15) is 23.7 Å². The largest absolute Gasteiger partial charge is 0.351 e. The molecule has 1 aromatic carbocycles. The second-order valence-corrected chi connectivity index (χ2v) is 3.88. The van der Waals surface area contributed by atoms with Crippen LogP contribution in [0.3, 0.4) is 0 Å². The molecule has 2 amide bonds. The molecule has 0 bridgehead atoms. The van der Waals surface area contributed by atoms with Crippen LogP contribution < -0.4 is 10.6 Å². The first-order chi connectivity index (χ1) is 8.63. The summed E-state index contributed by atoms with van der Waals surface area (Å²) in [5, 5.41) is 13.6. The predicted octanol–water partition coefficient (Wildman–Crippen LogP) is 0.835. The summed E-state index contributed by atoms with van der Waals surface area (Å²) in [5.41, 5.74) is 0.510. The standard InChI is InChI=1S/C13H15N3O2/c1-10(7-8-14)16-12(17)9-15-13(18)11-5-3-2-4-6-11/h2-6,10H,7,9H2,1H3,(H,15,18)(H,16,17). The number of rotatable bonds is 5. The lowest BCUT2D eigenvalue weighted by Gasteiger charge is -2.10. The zero-order valence-corrected chi connectivity index (χ0v) is 10.1. The van der Waals surface area contributed by atoms with Gasteiger partial charge in [0.15, 0.2) is 0 Å². The van der Waals surface area contributed by atoms with Crippen molar-refractivity contribution in [3.05, 3.63) is 35.9 Å². The molecule has 1 rings (SSSR count). The lowest BCUT2D eigenvalue weighted by Crippen LogP contribution is -2.40. The van der Waals surface area contributed by atoms with Crippen molar-refractivity contribution in [3.63, 3.8) is 0 Å². The van der Waals surface area contributed by atoms with Gasteiger partial charge in [-0.15, -0.1) is 0 Å². The molecular weight excluding hydrogens is 230 g/mol. The molecule has 1 atom stereocenters. The maximum absolute atomic E-state index is 11.6. The van der Waals surface area contributed by atoms with Gasteiger partial charge in [-0.25, -0.2) is 0 Å². The minimum Gasteiger partial charge on any atom is -0.351 e. The minimum absolute atomic E-state index is 0.0938. The predicted molar refractivity (Wildman–Crippen MR) is 66.6 cm³/mol. The highest BCUT2D eigenvalue weighted by Gasteiger charge is 2.09. The van der Waals surface area contributed by atoms with Gasteiger partial charge in [0, 0.05) is 11.6 Å². The molecule has 94 valence electrons. The van der Waals surface area contributed by atoms with Gasteiger partial charge in [0.1, 0.15) is 0 Å². The van der Waals surface area contributed by atoms with Crippen LogP contribution in [0.25, 0.3) is 0 Å². The number of hydrogen-bond donors (Lipinski definition) is 2. The van der Waals surface area contributed by atoms with Crippen LogP contribution >= 0.6 is 0 Å². The average Bonchev–Trinajstić information content (AvgIpc) is 2.37. The molecule has 0 heterocycles. The maximum atomic E-state index is 11.6. The Morgan fingerprint density at radius 3 is 2.61 bits per heavy atom. The van der Waals surface area contributed by atoms with Gasteiger partial charge in [0.25, 0.3) is 5.91 Å². The average molecular weight is 245 g/mol. The van der Waals surface area contributed by atoms with E-state index in [9.17, 15) is 9.59 Å². The van der Waals surface area contributed by atoms with Crippen LogP contribution in [-0.4, -0.2) is 24.4 Å². The Labute approximate surface area is 106 Å². The van der Waals surface area contributed by atoms with Crippen LogP contribution in [0.5, 0.6) is 0 Å². The number of carbonyl (C=O) groups is 2. The zero-order chi connectivity index (χ0) is 13.4. The first-order valence-electron chi connectivity index (χ1n) is 5.63. The summed E-state index contributed by atoms with van der Waals surface area (Å²) in [6, 6.07) is 10.4. The van der Waals surface area contributed by atoms with Crippen molar-refractivity contribution in [3.8, 4) is 6.07 Å². The second-order valence-electron chi connectivity index (χ2n) is 3.88. The normalized spacial score (nSPS) is 11.1. The molecule has 0 aliphatic heterocycles. The molecule has 18 heavy (non-hydrogen) atoms. The summed E-state index contributed by atoms with van der Waals surface area (Å²) in [6.07, 6.45) is 0.248. The van der Waals surface area contributed by atoms with Crippen LogP contribution in [0.4, 0.5) is 0 Å². The van der Waals surface area contributed by atoms with E-state index in [4.69, 9.17) is 5.26 Å². The maximum Gasteiger partial charge on any atom is 0.251 e. The molecular formula is C13H15N3O2. The van der Waals surface area contributed by atoms with Gasteiger partial charge in [0.05, 0.1) is 19.0 Å². The van der Waals surface area contributed by atoms with Crippen molar-refractivity contribution < 1.29 is 9.59 Å². The first-order valence-corrected chi connectivity index (χ1v) is 5.63. The van der Waals surface area contributed by atoms with Crippen LogP contribution in [-0.2, 0) is 4.79 Å². The number of nitrogens with one attached hydrogen (secondary N) is 2. The number of nitrogens with zero attached hydrogens (tertiary/aromatic N) is 1. The van der Waals surface area contributed by atoms with Gasteiger partial charge in [-0.2, -0.15) is 5.26 Å².